The lowest BCUT2D eigenvalue weighted by molar-refractivity contribution is 0.759. The Morgan fingerprint density at radius 1 is 1.43 bits per heavy atom. The van der Waals surface area contributed by atoms with E-state index in [2.05, 4.69) is 20.4 Å². The summed E-state index contributed by atoms with van der Waals surface area (Å²) in [6, 6.07) is 0. The number of nitrogens with zero attached hydrogens (tertiary/aromatic N) is 5. The van der Waals surface area contributed by atoms with Gasteiger partial charge in [0.25, 0.3) is 0 Å². The highest BCUT2D eigenvalue weighted by atomic mass is 15.4. The van der Waals surface area contributed by atoms with E-state index in [-0.39, 0.29) is 0 Å². The van der Waals surface area contributed by atoms with Gasteiger partial charge in [-0.2, -0.15) is 10.1 Å². The van der Waals surface area contributed by atoms with Crippen molar-refractivity contribution in [2.24, 2.45) is 14.1 Å². The van der Waals surface area contributed by atoms with Crippen molar-refractivity contribution in [3.05, 3.63) is 24.5 Å². The van der Waals surface area contributed by atoms with Crippen LogP contribution in [0.2, 0.25) is 0 Å². The van der Waals surface area contributed by atoms with Gasteiger partial charge in [-0.3, -0.25) is 0 Å². The molecule has 2 aromatic rings. The SMILES string of the molecule is Cn1cncc1CNc1ncnn1C. The summed E-state index contributed by atoms with van der Waals surface area (Å²) in [6.45, 7) is 0.697. The summed E-state index contributed by atoms with van der Waals surface area (Å²) in [6.07, 6.45) is 5.11. The van der Waals surface area contributed by atoms with Gasteiger partial charge in [0.1, 0.15) is 6.33 Å². The summed E-state index contributed by atoms with van der Waals surface area (Å²) in [7, 11) is 3.80. The van der Waals surface area contributed by atoms with Crippen LogP contribution in [-0.2, 0) is 20.6 Å². The average molecular weight is 192 g/mol. The van der Waals surface area contributed by atoms with Crippen molar-refractivity contribution in [3.63, 3.8) is 0 Å². The second kappa shape index (κ2) is 3.49. The number of nitrogens with one attached hydrogen (secondary N) is 1. The van der Waals surface area contributed by atoms with Gasteiger partial charge in [0.2, 0.25) is 5.95 Å². The molecule has 6 heteroatoms. The van der Waals surface area contributed by atoms with Crippen LogP contribution in [-0.4, -0.2) is 24.3 Å². The molecule has 0 unspecified atom stereocenters. The molecule has 74 valence electrons. The van der Waals surface area contributed by atoms with Crippen LogP contribution in [0.1, 0.15) is 5.69 Å². The average Bonchev–Trinajstić information content (AvgIpc) is 2.72. The summed E-state index contributed by atoms with van der Waals surface area (Å²) < 4.78 is 3.65. The fourth-order valence-electron chi connectivity index (χ4n) is 1.18. The molecule has 0 fully saturated rings. The molecule has 0 aliphatic carbocycles. The Labute approximate surface area is 81.6 Å². The van der Waals surface area contributed by atoms with E-state index < -0.39 is 0 Å². The van der Waals surface area contributed by atoms with Crippen LogP contribution in [0.25, 0.3) is 0 Å². The van der Waals surface area contributed by atoms with Gasteiger partial charge in [0, 0.05) is 20.3 Å². The molecule has 0 bridgehead atoms. The zero-order valence-electron chi connectivity index (χ0n) is 8.18. The summed E-state index contributed by atoms with van der Waals surface area (Å²) in [5.41, 5.74) is 1.10. The van der Waals surface area contributed by atoms with E-state index in [0.717, 1.165) is 11.6 Å². The molecule has 0 amide bonds. The quantitative estimate of drug-likeness (QED) is 0.752. The zero-order chi connectivity index (χ0) is 9.97. The highest BCUT2D eigenvalue weighted by Gasteiger charge is 2.01. The fourth-order valence-corrected chi connectivity index (χ4v) is 1.18. The molecule has 1 N–H and O–H groups in total. The van der Waals surface area contributed by atoms with Crippen molar-refractivity contribution in [2.75, 3.05) is 5.32 Å². The molecule has 14 heavy (non-hydrogen) atoms. The standard InChI is InChI=1S/C8H12N6/c1-13-6-9-3-7(13)4-10-8-11-5-12-14(8)2/h3,5-6H,4H2,1-2H3,(H,10,11,12). The van der Waals surface area contributed by atoms with Crippen LogP contribution in [0, 0.1) is 0 Å². The van der Waals surface area contributed by atoms with Crippen molar-refractivity contribution in [1.29, 1.82) is 0 Å². The van der Waals surface area contributed by atoms with E-state index in [0.29, 0.717) is 6.54 Å². The molecule has 0 radical (unpaired) electrons. The Morgan fingerprint density at radius 3 is 2.86 bits per heavy atom. The largest absolute Gasteiger partial charge is 0.349 e. The Kier molecular flexibility index (Phi) is 2.18. The smallest absolute Gasteiger partial charge is 0.221 e. The molecular weight excluding hydrogens is 180 g/mol. The highest BCUT2D eigenvalue weighted by Crippen LogP contribution is 2.02. The van der Waals surface area contributed by atoms with Crippen molar-refractivity contribution in [2.45, 2.75) is 6.54 Å². The first-order valence-electron chi connectivity index (χ1n) is 4.30. The number of aryl methyl sites for hydroxylation is 2. The van der Waals surface area contributed by atoms with Gasteiger partial charge in [-0.15, -0.1) is 0 Å². The first-order chi connectivity index (χ1) is 6.77. The molecule has 2 rings (SSSR count). The van der Waals surface area contributed by atoms with Gasteiger partial charge in [0.05, 0.1) is 18.6 Å². The third-order valence-corrected chi connectivity index (χ3v) is 2.06. The minimum Gasteiger partial charge on any atom is -0.349 e. The monoisotopic (exact) mass is 192 g/mol. The van der Waals surface area contributed by atoms with E-state index in [1.807, 2.05) is 24.9 Å². The normalized spacial score (nSPS) is 10.4. The van der Waals surface area contributed by atoms with Gasteiger partial charge >= 0.3 is 0 Å². The van der Waals surface area contributed by atoms with Crippen LogP contribution in [0.3, 0.4) is 0 Å². The van der Waals surface area contributed by atoms with E-state index in [9.17, 15) is 0 Å². The molecule has 0 atom stereocenters. The summed E-state index contributed by atoms with van der Waals surface area (Å²) in [4.78, 5) is 8.08. The van der Waals surface area contributed by atoms with Crippen molar-refractivity contribution < 1.29 is 0 Å². The molecule has 0 aliphatic rings. The van der Waals surface area contributed by atoms with Gasteiger partial charge in [-0.05, 0) is 0 Å². The molecule has 0 saturated carbocycles. The highest BCUT2D eigenvalue weighted by molar-refractivity contribution is 5.23. The van der Waals surface area contributed by atoms with Crippen LogP contribution >= 0.6 is 0 Å². The zero-order valence-corrected chi connectivity index (χ0v) is 8.18. The summed E-state index contributed by atoms with van der Waals surface area (Å²) >= 11 is 0. The summed E-state index contributed by atoms with van der Waals surface area (Å²) in [5.74, 6) is 0.756. The third kappa shape index (κ3) is 1.59. The number of rotatable bonds is 3. The predicted octanol–water partition coefficient (Wildman–Crippen LogP) is 0.161. The van der Waals surface area contributed by atoms with Gasteiger partial charge < -0.3 is 9.88 Å². The Balaban J connectivity index is 2.02. The van der Waals surface area contributed by atoms with Crippen molar-refractivity contribution in [1.82, 2.24) is 24.3 Å². The van der Waals surface area contributed by atoms with E-state index in [1.165, 1.54) is 6.33 Å². The lowest BCUT2D eigenvalue weighted by Crippen LogP contribution is -2.08. The molecule has 0 spiro atoms. The Bertz CT molecular complexity index is 375. The third-order valence-electron chi connectivity index (χ3n) is 2.06. The molecule has 2 aromatic heterocycles. The van der Waals surface area contributed by atoms with Crippen LogP contribution in [0.5, 0.6) is 0 Å². The summed E-state index contributed by atoms with van der Waals surface area (Å²) in [5, 5.41) is 7.12. The fraction of sp³-hybridized carbons (Fsp3) is 0.375. The lowest BCUT2D eigenvalue weighted by Gasteiger charge is -2.04. The first kappa shape index (κ1) is 8.74. The number of hydrogen-bond donors (Lipinski definition) is 1. The number of hydrogen-bond acceptors (Lipinski definition) is 4. The maximum atomic E-state index is 4.06. The van der Waals surface area contributed by atoms with Crippen LogP contribution in [0.15, 0.2) is 18.9 Å². The second-order valence-corrected chi connectivity index (χ2v) is 3.06. The first-order valence-corrected chi connectivity index (χ1v) is 4.30. The van der Waals surface area contributed by atoms with E-state index in [4.69, 9.17) is 0 Å². The number of anilines is 1. The van der Waals surface area contributed by atoms with Crippen molar-refractivity contribution >= 4 is 5.95 Å². The molecule has 0 aromatic carbocycles. The predicted molar refractivity (Wildman–Crippen MR) is 51.5 cm³/mol. The van der Waals surface area contributed by atoms with Gasteiger partial charge in [-0.1, -0.05) is 0 Å². The topological polar surface area (TPSA) is 60.6 Å². The Hall–Kier alpha value is -1.85. The number of imidazole rings is 1. The molecule has 2 heterocycles. The molecule has 6 nitrogen and oxygen atoms in total. The van der Waals surface area contributed by atoms with Gasteiger partial charge in [-0.25, -0.2) is 9.67 Å². The maximum Gasteiger partial charge on any atom is 0.221 e. The van der Waals surface area contributed by atoms with E-state index >= 15 is 0 Å². The van der Waals surface area contributed by atoms with E-state index in [1.54, 1.807) is 11.0 Å². The minimum absolute atomic E-state index is 0.697. The van der Waals surface area contributed by atoms with Crippen LogP contribution in [0.4, 0.5) is 5.95 Å². The number of aromatic nitrogens is 5. The molecular formula is C8H12N6. The lowest BCUT2D eigenvalue weighted by atomic mass is 10.4. The molecule has 0 saturated heterocycles. The molecule has 0 aliphatic heterocycles. The Morgan fingerprint density at radius 2 is 2.29 bits per heavy atom. The maximum absolute atomic E-state index is 4.06. The van der Waals surface area contributed by atoms with Gasteiger partial charge in [0.15, 0.2) is 0 Å². The second-order valence-electron chi connectivity index (χ2n) is 3.06. The van der Waals surface area contributed by atoms with Crippen LogP contribution < -0.4 is 5.32 Å². The van der Waals surface area contributed by atoms with Crippen molar-refractivity contribution in [3.8, 4) is 0 Å². The minimum atomic E-state index is 0.697.